The van der Waals surface area contributed by atoms with E-state index in [0.717, 1.165) is 16.1 Å². The normalized spacial score (nSPS) is 12.1. The minimum atomic E-state index is -0.933. The first kappa shape index (κ1) is 17.0. The molecular formula is C17H16N2O2S3. The highest BCUT2D eigenvalue weighted by Crippen LogP contribution is 2.30. The first-order chi connectivity index (χ1) is 11.5. The second kappa shape index (κ2) is 7.38. The Morgan fingerprint density at radius 1 is 1.29 bits per heavy atom. The second-order valence-corrected chi connectivity index (χ2v) is 8.90. The van der Waals surface area contributed by atoms with Gasteiger partial charge in [0, 0.05) is 38.6 Å². The molecule has 2 aromatic heterocycles. The van der Waals surface area contributed by atoms with Gasteiger partial charge in [-0.2, -0.15) is 0 Å². The molecule has 3 rings (SSSR count). The Hall–Kier alpha value is -1.83. The fourth-order valence-corrected chi connectivity index (χ4v) is 4.48. The topological polar surface area (TPSA) is 59.1 Å². The molecule has 1 aromatic carbocycles. The van der Waals surface area contributed by atoms with E-state index in [1.54, 1.807) is 35.8 Å². The van der Waals surface area contributed by atoms with Crippen molar-refractivity contribution in [2.75, 3.05) is 11.6 Å². The average molecular weight is 377 g/mol. The van der Waals surface area contributed by atoms with E-state index in [1.165, 1.54) is 16.2 Å². The maximum atomic E-state index is 12.4. The lowest BCUT2D eigenvalue weighted by Crippen LogP contribution is -2.12. The molecule has 124 valence electrons. The van der Waals surface area contributed by atoms with Gasteiger partial charge in [0.05, 0.1) is 10.6 Å². The van der Waals surface area contributed by atoms with Crippen LogP contribution in [0.2, 0.25) is 0 Å². The number of rotatable bonds is 5. The highest BCUT2D eigenvalue weighted by molar-refractivity contribution is 7.83. The summed E-state index contributed by atoms with van der Waals surface area (Å²) in [6.45, 7) is 2.06. The summed E-state index contributed by atoms with van der Waals surface area (Å²) in [5, 5.41) is 5.35. The molecule has 1 N–H and O–H groups in total. The highest BCUT2D eigenvalue weighted by atomic mass is 32.2. The Labute approximate surface area is 151 Å². The van der Waals surface area contributed by atoms with E-state index in [-0.39, 0.29) is 5.91 Å². The molecule has 0 fully saturated rings. The molecule has 1 amide bonds. The number of anilines is 1. The van der Waals surface area contributed by atoms with Gasteiger partial charge in [0.15, 0.2) is 5.13 Å². The third kappa shape index (κ3) is 4.17. The molecule has 0 spiro atoms. The van der Waals surface area contributed by atoms with Crippen molar-refractivity contribution in [2.45, 2.75) is 12.7 Å². The van der Waals surface area contributed by atoms with E-state index in [4.69, 9.17) is 0 Å². The quantitative estimate of drug-likeness (QED) is 0.722. The number of hydrogen-bond acceptors (Lipinski definition) is 5. The van der Waals surface area contributed by atoms with Crippen LogP contribution < -0.4 is 5.32 Å². The summed E-state index contributed by atoms with van der Waals surface area (Å²) >= 11 is 3.09. The minimum Gasteiger partial charge on any atom is -0.298 e. The van der Waals surface area contributed by atoms with Crippen LogP contribution in [0.4, 0.5) is 5.13 Å². The van der Waals surface area contributed by atoms with Gasteiger partial charge in [-0.1, -0.05) is 12.1 Å². The molecule has 0 aliphatic rings. The third-order valence-corrected chi connectivity index (χ3v) is 5.80. The summed E-state index contributed by atoms with van der Waals surface area (Å²) in [6, 6.07) is 11.3. The Balaban J connectivity index is 1.73. The minimum absolute atomic E-state index is 0.206. The fraction of sp³-hybridized carbons (Fsp3) is 0.176. The van der Waals surface area contributed by atoms with Gasteiger partial charge in [0.25, 0.3) is 5.91 Å². The van der Waals surface area contributed by atoms with E-state index in [9.17, 15) is 9.00 Å². The van der Waals surface area contributed by atoms with Crippen molar-refractivity contribution >= 4 is 44.5 Å². The molecule has 7 heteroatoms. The lowest BCUT2D eigenvalue weighted by Gasteiger charge is -2.04. The number of hydrogen-bond donors (Lipinski definition) is 1. The van der Waals surface area contributed by atoms with Gasteiger partial charge in [0.1, 0.15) is 0 Å². The van der Waals surface area contributed by atoms with Gasteiger partial charge >= 0.3 is 0 Å². The van der Waals surface area contributed by atoms with Crippen LogP contribution >= 0.6 is 22.7 Å². The monoisotopic (exact) mass is 376 g/mol. The van der Waals surface area contributed by atoms with Gasteiger partial charge in [0.2, 0.25) is 0 Å². The van der Waals surface area contributed by atoms with Crippen molar-refractivity contribution in [2.24, 2.45) is 0 Å². The van der Waals surface area contributed by atoms with E-state index in [0.29, 0.717) is 16.4 Å². The smallest absolute Gasteiger partial charge is 0.257 e. The fourth-order valence-electron chi connectivity index (χ4n) is 2.22. The van der Waals surface area contributed by atoms with Crippen LogP contribution in [0.5, 0.6) is 0 Å². The summed E-state index contributed by atoms with van der Waals surface area (Å²) in [5.41, 5.74) is 2.31. The van der Waals surface area contributed by atoms with Crippen LogP contribution in [0.1, 0.15) is 20.8 Å². The molecule has 0 radical (unpaired) electrons. The van der Waals surface area contributed by atoms with Gasteiger partial charge < -0.3 is 0 Å². The van der Waals surface area contributed by atoms with Gasteiger partial charge in [-0.25, -0.2) is 4.98 Å². The SMILES string of the molecule is Cc1ccc(-c2csc(NC(=O)c3cccc(CS(C)=O)c3)n2)s1. The summed E-state index contributed by atoms with van der Waals surface area (Å²) in [4.78, 5) is 19.2. The lowest BCUT2D eigenvalue weighted by molar-refractivity contribution is 0.102. The van der Waals surface area contributed by atoms with Crippen LogP contribution in [0.3, 0.4) is 0 Å². The first-order valence-electron chi connectivity index (χ1n) is 7.24. The maximum absolute atomic E-state index is 12.4. The highest BCUT2D eigenvalue weighted by Gasteiger charge is 2.11. The molecular weight excluding hydrogens is 360 g/mol. The number of aromatic nitrogens is 1. The van der Waals surface area contributed by atoms with Crippen molar-refractivity contribution in [1.29, 1.82) is 0 Å². The first-order valence-corrected chi connectivity index (χ1v) is 10.7. The van der Waals surface area contributed by atoms with Crippen LogP contribution in [0, 0.1) is 6.92 Å². The molecule has 0 aliphatic carbocycles. The van der Waals surface area contributed by atoms with E-state index < -0.39 is 10.8 Å². The molecule has 2 heterocycles. The zero-order valence-electron chi connectivity index (χ0n) is 13.2. The van der Waals surface area contributed by atoms with Crippen molar-refractivity contribution in [3.05, 3.63) is 57.8 Å². The van der Waals surface area contributed by atoms with Crippen LogP contribution in [0.25, 0.3) is 10.6 Å². The van der Waals surface area contributed by atoms with Crippen molar-refractivity contribution in [1.82, 2.24) is 4.98 Å². The molecule has 1 unspecified atom stereocenters. The van der Waals surface area contributed by atoms with Crippen molar-refractivity contribution < 1.29 is 9.00 Å². The standard InChI is InChI=1S/C17H16N2O2S3/c1-11-6-7-15(23-11)14-9-22-17(18-14)19-16(20)13-5-3-4-12(8-13)10-24(2)21/h3-9H,10H2,1-2H3,(H,18,19,20). The predicted molar refractivity (Wildman–Crippen MR) is 102 cm³/mol. The average Bonchev–Trinajstić information content (AvgIpc) is 3.16. The lowest BCUT2D eigenvalue weighted by atomic mass is 10.1. The number of carbonyl (C=O) groups is 1. The molecule has 4 nitrogen and oxygen atoms in total. The number of carbonyl (C=O) groups excluding carboxylic acids is 1. The summed E-state index contributed by atoms with van der Waals surface area (Å²) in [6.07, 6.45) is 1.65. The predicted octanol–water partition coefficient (Wildman–Crippen LogP) is 4.31. The van der Waals surface area contributed by atoms with Gasteiger partial charge in [-0.05, 0) is 36.8 Å². The summed E-state index contributed by atoms with van der Waals surface area (Å²) in [5.74, 6) is 0.238. The van der Waals surface area contributed by atoms with Gasteiger partial charge in [-0.3, -0.25) is 14.3 Å². The largest absolute Gasteiger partial charge is 0.298 e. The number of thiophene rings is 1. The molecule has 3 aromatic rings. The third-order valence-electron chi connectivity index (χ3n) is 3.28. The Morgan fingerprint density at radius 2 is 2.12 bits per heavy atom. The van der Waals surface area contributed by atoms with Crippen molar-refractivity contribution in [3.8, 4) is 10.6 Å². The van der Waals surface area contributed by atoms with Crippen LogP contribution in [-0.4, -0.2) is 21.4 Å². The van der Waals surface area contributed by atoms with E-state index >= 15 is 0 Å². The number of nitrogens with one attached hydrogen (secondary N) is 1. The Bertz CT molecular complexity index is 899. The second-order valence-electron chi connectivity index (χ2n) is 5.32. The van der Waals surface area contributed by atoms with E-state index in [1.807, 2.05) is 17.5 Å². The molecule has 0 saturated carbocycles. The number of thiazole rings is 1. The van der Waals surface area contributed by atoms with Crippen LogP contribution in [-0.2, 0) is 16.6 Å². The summed E-state index contributed by atoms with van der Waals surface area (Å²) < 4.78 is 11.3. The molecule has 0 bridgehead atoms. The summed E-state index contributed by atoms with van der Waals surface area (Å²) in [7, 11) is -0.933. The Morgan fingerprint density at radius 3 is 2.83 bits per heavy atom. The number of benzene rings is 1. The molecule has 0 aliphatic heterocycles. The number of nitrogens with zero attached hydrogens (tertiary/aromatic N) is 1. The maximum Gasteiger partial charge on any atom is 0.257 e. The zero-order valence-corrected chi connectivity index (χ0v) is 15.7. The molecule has 0 saturated heterocycles. The number of amides is 1. The molecule has 24 heavy (non-hydrogen) atoms. The molecule has 1 atom stereocenters. The van der Waals surface area contributed by atoms with Crippen LogP contribution in [0.15, 0.2) is 41.8 Å². The van der Waals surface area contributed by atoms with Gasteiger partial charge in [-0.15, -0.1) is 22.7 Å². The number of aryl methyl sites for hydroxylation is 1. The Kier molecular flexibility index (Phi) is 5.23. The van der Waals surface area contributed by atoms with Crippen molar-refractivity contribution in [3.63, 3.8) is 0 Å². The zero-order chi connectivity index (χ0) is 17.1. The van der Waals surface area contributed by atoms with E-state index in [2.05, 4.69) is 23.3 Å².